The van der Waals surface area contributed by atoms with E-state index in [0.717, 1.165) is 24.5 Å². The minimum atomic E-state index is -2.12. The fraction of sp³-hybridized carbons (Fsp3) is 0.727. The lowest BCUT2D eigenvalue weighted by atomic mass is 10.1. The molecule has 0 saturated carbocycles. The molecule has 0 radical (unpaired) electrons. The third-order valence-corrected chi connectivity index (χ3v) is 5.88. The van der Waals surface area contributed by atoms with E-state index in [9.17, 15) is 0 Å². The predicted octanol–water partition coefficient (Wildman–Crippen LogP) is 7.10. The smallest absolute Gasteiger partial charge is 0.392 e. The molecule has 0 atom stereocenters. The van der Waals surface area contributed by atoms with E-state index < -0.39 is 8.56 Å². The van der Waals surface area contributed by atoms with Crippen LogP contribution in [0.5, 0.6) is 11.5 Å². The lowest BCUT2D eigenvalue weighted by Crippen LogP contribution is -2.38. The van der Waals surface area contributed by atoms with Crippen molar-refractivity contribution < 1.29 is 13.6 Å². The van der Waals surface area contributed by atoms with E-state index in [1.807, 2.05) is 38.1 Å². The molecular weight excluding hydrogens is 340 g/mol. The zero-order chi connectivity index (χ0) is 19.3. The summed E-state index contributed by atoms with van der Waals surface area (Å²) in [5.74, 6) is 1.74. The van der Waals surface area contributed by atoms with Gasteiger partial charge in [-0.2, -0.15) is 0 Å². The van der Waals surface area contributed by atoms with Crippen molar-refractivity contribution in [1.82, 2.24) is 0 Å². The van der Waals surface area contributed by atoms with Crippen molar-refractivity contribution in [2.24, 2.45) is 0 Å². The summed E-state index contributed by atoms with van der Waals surface area (Å²) in [5.41, 5.74) is 0. The molecule has 0 aliphatic carbocycles. The average molecular weight is 381 g/mol. The van der Waals surface area contributed by atoms with Gasteiger partial charge in [-0.25, -0.2) is 0 Å². The fourth-order valence-electron chi connectivity index (χ4n) is 2.90. The van der Waals surface area contributed by atoms with Gasteiger partial charge in [-0.3, -0.25) is 0 Å². The van der Waals surface area contributed by atoms with Crippen LogP contribution < -0.4 is 9.16 Å². The van der Waals surface area contributed by atoms with Gasteiger partial charge in [-0.15, -0.1) is 0 Å². The summed E-state index contributed by atoms with van der Waals surface area (Å²) in [4.78, 5) is 0. The Morgan fingerprint density at radius 2 is 1.27 bits per heavy atom. The summed E-state index contributed by atoms with van der Waals surface area (Å²) >= 11 is 0. The van der Waals surface area contributed by atoms with Crippen LogP contribution in [0.25, 0.3) is 0 Å². The summed E-state index contributed by atoms with van der Waals surface area (Å²) in [7, 11) is -2.12. The first-order valence-electron chi connectivity index (χ1n) is 10.5. The van der Waals surface area contributed by atoms with Gasteiger partial charge in [0.05, 0.1) is 6.10 Å². The molecule has 26 heavy (non-hydrogen) atoms. The van der Waals surface area contributed by atoms with Gasteiger partial charge >= 0.3 is 8.56 Å². The Hall–Kier alpha value is -1.00. The maximum absolute atomic E-state index is 6.11. The number of rotatable bonds is 15. The topological polar surface area (TPSA) is 27.7 Å². The highest BCUT2D eigenvalue weighted by Gasteiger charge is 2.26. The van der Waals surface area contributed by atoms with E-state index in [2.05, 4.69) is 20.0 Å². The van der Waals surface area contributed by atoms with Crippen LogP contribution in [-0.4, -0.2) is 21.3 Å². The molecule has 0 N–H and O–H groups in total. The summed E-state index contributed by atoms with van der Waals surface area (Å²) in [6.07, 6.45) is 12.2. The van der Waals surface area contributed by atoms with Crippen LogP contribution in [0.2, 0.25) is 13.1 Å². The van der Waals surface area contributed by atoms with E-state index in [4.69, 9.17) is 13.6 Å². The van der Waals surface area contributed by atoms with Crippen molar-refractivity contribution in [3.63, 3.8) is 0 Å². The molecule has 0 unspecified atom stereocenters. The largest absolute Gasteiger partial charge is 0.520 e. The molecule has 1 rings (SSSR count). The summed E-state index contributed by atoms with van der Waals surface area (Å²) < 4.78 is 17.8. The van der Waals surface area contributed by atoms with Crippen LogP contribution in [0.3, 0.4) is 0 Å². The summed E-state index contributed by atoms with van der Waals surface area (Å²) in [5, 5.41) is 0. The van der Waals surface area contributed by atoms with Crippen molar-refractivity contribution in [1.29, 1.82) is 0 Å². The lowest BCUT2D eigenvalue weighted by Gasteiger charge is -2.24. The quantitative estimate of drug-likeness (QED) is 0.240. The number of hydrogen-bond acceptors (Lipinski definition) is 3. The Labute approximate surface area is 162 Å². The lowest BCUT2D eigenvalue weighted by molar-refractivity contribution is 0.237. The molecular formula is C22H40O3Si. The van der Waals surface area contributed by atoms with Gasteiger partial charge in [0.15, 0.2) is 0 Å². The Kier molecular flexibility index (Phi) is 11.7. The van der Waals surface area contributed by atoms with E-state index in [1.54, 1.807) is 0 Å². The van der Waals surface area contributed by atoms with E-state index in [0.29, 0.717) is 0 Å². The van der Waals surface area contributed by atoms with Crippen LogP contribution in [-0.2, 0) is 4.43 Å². The molecule has 0 fully saturated rings. The van der Waals surface area contributed by atoms with E-state index in [-0.39, 0.29) is 6.10 Å². The Balaban J connectivity index is 2.14. The monoisotopic (exact) mass is 380 g/mol. The molecule has 1 aromatic carbocycles. The van der Waals surface area contributed by atoms with Crippen molar-refractivity contribution in [3.05, 3.63) is 24.3 Å². The number of hydrogen-bond donors (Lipinski definition) is 0. The molecule has 4 heteroatoms. The molecule has 0 bridgehead atoms. The Bertz CT molecular complexity index is 457. The molecule has 0 spiro atoms. The van der Waals surface area contributed by atoms with Crippen molar-refractivity contribution in [2.45, 2.75) is 97.8 Å². The highest BCUT2D eigenvalue weighted by Crippen LogP contribution is 2.22. The molecule has 0 aliphatic heterocycles. The van der Waals surface area contributed by atoms with Crippen LogP contribution in [0.15, 0.2) is 24.3 Å². The zero-order valence-corrected chi connectivity index (χ0v) is 18.7. The van der Waals surface area contributed by atoms with Crippen molar-refractivity contribution in [2.75, 3.05) is 6.61 Å². The third-order valence-electron chi connectivity index (χ3n) is 4.26. The maximum atomic E-state index is 6.11. The van der Waals surface area contributed by atoms with Gasteiger partial charge in [-0.1, -0.05) is 58.3 Å². The van der Waals surface area contributed by atoms with Crippen LogP contribution in [0, 0.1) is 0 Å². The molecule has 0 amide bonds. The van der Waals surface area contributed by atoms with E-state index in [1.165, 1.54) is 51.4 Å². The SMILES string of the molecule is CCCCCCCCCCCO[Si](C)(C)Oc1ccc(OC(C)C)cc1. The molecule has 0 heterocycles. The normalized spacial score (nSPS) is 11.8. The van der Waals surface area contributed by atoms with Gasteiger partial charge in [-0.05, 0) is 57.6 Å². The second-order valence-corrected chi connectivity index (χ2v) is 11.1. The molecule has 150 valence electrons. The van der Waals surface area contributed by atoms with Crippen molar-refractivity contribution >= 4 is 8.56 Å². The van der Waals surface area contributed by atoms with Crippen LogP contribution >= 0.6 is 0 Å². The highest BCUT2D eigenvalue weighted by atomic mass is 28.4. The zero-order valence-electron chi connectivity index (χ0n) is 17.7. The first kappa shape index (κ1) is 23.0. The summed E-state index contributed by atoms with van der Waals surface area (Å²) in [6, 6.07) is 7.85. The first-order valence-corrected chi connectivity index (χ1v) is 13.3. The first-order chi connectivity index (χ1) is 12.4. The Morgan fingerprint density at radius 3 is 1.81 bits per heavy atom. The Morgan fingerprint density at radius 1 is 0.769 bits per heavy atom. The minimum absolute atomic E-state index is 0.187. The van der Waals surface area contributed by atoms with Crippen molar-refractivity contribution in [3.8, 4) is 11.5 Å². The second-order valence-electron chi connectivity index (χ2n) is 7.82. The standard InChI is InChI=1S/C22H40O3Si/c1-6-7-8-9-10-11-12-13-14-19-23-26(4,5)25-22-17-15-21(16-18-22)24-20(2)3/h15-18,20H,6-14,19H2,1-5H3. The number of unbranched alkanes of at least 4 members (excludes halogenated alkanes) is 8. The molecule has 0 aromatic heterocycles. The minimum Gasteiger partial charge on any atom is -0.520 e. The van der Waals surface area contributed by atoms with Crippen LogP contribution in [0.4, 0.5) is 0 Å². The molecule has 0 aliphatic rings. The third kappa shape index (κ3) is 11.6. The summed E-state index contributed by atoms with van der Waals surface area (Å²) in [6.45, 7) is 11.4. The average Bonchev–Trinajstić information content (AvgIpc) is 2.57. The maximum Gasteiger partial charge on any atom is 0.392 e. The molecule has 1 aromatic rings. The number of ether oxygens (including phenoxy) is 1. The molecule has 3 nitrogen and oxygen atoms in total. The van der Waals surface area contributed by atoms with Gasteiger partial charge in [0, 0.05) is 6.61 Å². The van der Waals surface area contributed by atoms with Gasteiger partial charge in [0.25, 0.3) is 0 Å². The van der Waals surface area contributed by atoms with Gasteiger partial charge in [0.1, 0.15) is 11.5 Å². The van der Waals surface area contributed by atoms with E-state index >= 15 is 0 Å². The highest BCUT2D eigenvalue weighted by molar-refractivity contribution is 6.65. The molecule has 0 saturated heterocycles. The van der Waals surface area contributed by atoms with Gasteiger partial charge in [0.2, 0.25) is 0 Å². The van der Waals surface area contributed by atoms with Crippen LogP contribution in [0.1, 0.15) is 78.6 Å². The number of benzene rings is 1. The second kappa shape index (κ2) is 13.2. The predicted molar refractivity (Wildman–Crippen MR) is 113 cm³/mol. The fourth-order valence-corrected chi connectivity index (χ4v) is 4.30. The van der Waals surface area contributed by atoms with Gasteiger partial charge < -0.3 is 13.6 Å².